The standard InChI is InChI=1S/C17H12F5NO4/c18-16(19)27-13-8-4-1-5-10(13)15(25)26-9-14(24)23-12-7-3-2-6-11(12)17(20,21)22/h1-8,16H,9H2,(H,23,24). The maximum atomic E-state index is 12.9. The minimum absolute atomic E-state index is 0.360. The average molecular weight is 389 g/mol. The molecular formula is C17H12F5NO4. The molecule has 0 fully saturated rings. The van der Waals surface area contributed by atoms with Gasteiger partial charge in [0, 0.05) is 0 Å². The molecule has 0 aliphatic heterocycles. The highest BCUT2D eigenvalue weighted by Crippen LogP contribution is 2.34. The Morgan fingerprint density at radius 2 is 1.63 bits per heavy atom. The van der Waals surface area contributed by atoms with Gasteiger partial charge in [-0.1, -0.05) is 24.3 Å². The van der Waals surface area contributed by atoms with Gasteiger partial charge < -0.3 is 14.8 Å². The Hall–Kier alpha value is -3.17. The molecular weight excluding hydrogens is 377 g/mol. The minimum atomic E-state index is -4.69. The first-order valence-electron chi connectivity index (χ1n) is 7.35. The third-order valence-electron chi connectivity index (χ3n) is 3.16. The number of carbonyl (C=O) groups excluding carboxylic acids is 2. The Bertz CT molecular complexity index is 823. The summed E-state index contributed by atoms with van der Waals surface area (Å²) in [5, 5.41) is 1.98. The number of alkyl halides is 5. The second-order valence-corrected chi connectivity index (χ2v) is 5.04. The van der Waals surface area contributed by atoms with Crippen molar-refractivity contribution in [2.24, 2.45) is 0 Å². The molecule has 1 amide bonds. The lowest BCUT2D eigenvalue weighted by Gasteiger charge is -2.14. The minimum Gasteiger partial charge on any atom is -0.452 e. The van der Waals surface area contributed by atoms with Crippen LogP contribution in [0.25, 0.3) is 0 Å². The third kappa shape index (κ3) is 5.66. The summed E-state index contributed by atoms with van der Waals surface area (Å²) < 4.78 is 72.1. The van der Waals surface area contributed by atoms with Crippen LogP contribution in [-0.4, -0.2) is 25.1 Å². The van der Waals surface area contributed by atoms with E-state index >= 15 is 0 Å². The predicted octanol–water partition coefficient (Wildman–Crippen LogP) is 4.10. The number of ether oxygens (including phenoxy) is 2. The van der Waals surface area contributed by atoms with Gasteiger partial charge in [0.25, 0.3) is 5.91 Å². The molecule has 0 aliphatic rings. The molecule has 2 aromatic carbocycles. The van der Waals surface area contributed by atoms with Crippen molar-refractivity contribution in [3.8, 4) is 5.75 Å². The fraction of sp³-hybridized carbons (Fsp3) is 0.176. The molecule has 0 saturated carbocycles. The monoisotopic (exact) mass is 389 g/mol. The number of rotatable bonds is 6. The fourth-order valence-electron chi connectivity index (χ4n) is 2.07. The molecule has 10 heteroatoms. The van der Waals surface area contributed by atoms with Crippen LogP contribution in [-0.2, 0) is 15.7 Å². The van der Waals surface area contributed by atoms with E-state index in [1.165, 1.54) is 18.2 Å². The molecule has 0 saturated heterocycles. The molecule has 0 unspecified atom stereocenters. The summed E-state index contributed by atoms with van der Waals surface area (Å²) in [4.78, 5) is 23.7. The summed E-state index contributed by atoms with van der Waals surface area (Å²) in [5.74, 6) is -2.64. The van der Waals surface area contributed by atoms with Crippen molar-refractivity contribution in [1.82, 2.24) is 0 Å². The van der Waals surface area contributed by atoms with Crippen molar-refractivity contribution in [2.75, 3.05) is 11.9 Å². The number of anilines is 1. The van der Waals surface area contributed by atoms with E-state index in [9.17, 15) is 31.5 Å². The van der Waals surface area contributed by atoms with E-state index in [4.69, 9.17) is 0 Å². The van der Waals surface area contributed by atoms with Crippen LogP contribution < -0.4 is 10.1 Å². The Morgan fingerprint density at radius 1 is 1.00 bits per heavy atom. The van der Waals surface area contributed by atoms with Gasteiger partial charge in [-0.3, -0.25) is 4.79 Å². The van der Waals surface area contributed by atoms with E-state index in [0.29, 0.717) is 0 Å². The van der Waals surface area contributed by atoms with Crippen LogP contribution in [0.2, 0.25) is 0 Å². The van der Waals surface area contributed by atoms with Crippen LogP contribution in [0.3, 0.4) is 0 Å². The number of para-hydroxylation sites is 2. The Kier molecular flexibility index (Phi) is 6.32. The number of halogens is 5. The molecule has 5 nitrogen and oxygen atoms in total. The number of esters is 1. The normalized spacial score (nSPS) is 11.2. The molecule has 0 heterocycles. The van der Waals surface area contributed by atoms with Crippen molar-refractivity contribution in [3.63, 3.8) is 0 Å². The summed E-state index contributed by atoms with van der Waals surface area (Å²) >= 11 is 0. The largest absolute Gasteiger partial charge is 0.452 e. The van der Waals surface area contributed by atoms with Gasteiger partial charge in [-0.25, -0.2) is 4.79 Å². The van der Waals surface area contributed by atoms with E-state index < -0.39 is 48.3 Å². The van der Waals surface area contributed by atoms with Crippen LogP contribution in [0.15, 0.2) is 48.5 Å². The molecule has 0 spiro atoms. The summed E-state index contributed by atoms with van der Waals surface area (Å²) in [6.07, 6.45) is -4.69. The molecule has 27 heavy (non-hydrogen) atoms. The van der Waals surface area contributed by atoms with E-state index in [-0.39, 0.29) is 5.56 Å². The topological polar surface area (TPSA) is 64.6 Å². The molecule has 144 valence electrons. The van der Waals surface area contributed by atoms with E-state index in [1.807, 2.05) is 5.32 Å². The SMILES string of the molecule is O=C(COC(=O)c1ccccc1OC(F)F)Nc1ccccc1C(F)(F)F. The number of amides is 1. The zero-order chi connectivity index (χ0) is 20.0. The van der Waals surface area contributed by atoms with Gasteiger partial charge in [-0.2, -0.15) is 22.0 Å². The number of benzene rings is 2. The quantitative estimate of drug-likeness (QED) is 0.597. The lowest BCUT2D eigenvalue weighted by atomic mass is 10.1. The summed E-state index contributed by atoms with van der Waals surface area (Å²) in [6, 6.07) is 9.18. The van der Waals surface area contributed by atoms with Gasteiger partial charge in [0.05, 0.1) is 11.3 Å². The highest BCUT2D eigenvalue weighted by atomic mass is 19.4. The summed E-state index contributed by atoms with van der Waals surface area (Å²) in [6.45, 7) is -4.10. The van der Waals surface area contributed by atoms with Crippen LogP contribution in [0.5, 0.6) is 5.75 Å². The molecule has 0 atom stereocenters. The van der Waals surface area contributed by atoms with Crippen molar-refractivity contribution in [1.29, 1.82) is 0 Å². The number of hydrogen-bond acceptors (Lipinski definition) is 4. The lowest BCUT2D eigenvalue weighted by Crippen LogP contribution is -2.23. The first kappa shape index (κ1) is 20.1. The number of carbonyl (C=O) groups is 2. The molecule has 0 radical (unpaired) electrons. The highest BCUT2D eigenvalue weighted by molar-refractivity contribution is 5.97. The zero-order valence-corrected chi connectivity index (χ0v) is 13.4. The van der Waals surface area contributed by atoms with Gasteiger partial charge >= 0.3 is 18.8 Å². The Morgan fingerprint density at radius 3 is 2.30 bits per heavy atom. The molecule has 2 rings (SSSR count). The van der Waals surface area contributed by atoms with E-state index in [2.05, 4.69) is 9.47 Å². The number of hydrogen-bond donors (Lipinski definition) is 1. The van der Waals surface area contributed by atoms with Gasteiger partial charge in [0.15, 0.2) is 6.61 Å². The van der Waals surface area contributed by atoms with Crippen LogP contribution >= 0.6 is 0 Å². The van der Waals surface area contributed by atoms with Gasteiger partial charge in [-0.05, 0) is 24.3 Å². The van der Waals surface area contributed by atoms with Crippen LogP contribution in [0.4, 0.5) is 27.6 Å². The maximum absolute atomic E-state index is 12.9. The first-order valence-corrected chi connectivity index (χ1v) is 7.35. The molecule has 0 aliphatic carbocycles. The van der Waals surface area contributed by atoms with Crippen LogP contribution in [0.1, 0.15) is 15.9 Å². The van der Waals surface area contributed by atoms with Crippen LogP contribution in [0, 0.1) is 0 Å². The van der Waals surface area contributed by atoms with E-state index in [1.54, 1.807) is 0 Å². The third-order valence-corrected chi connectivity index (χ3v) is 3.16. The Labute approximate surface area is 149 Å². The second-order valence-electron chi connectivity index (χ2n) is 5.04. The second kappa shape index (κ2) is 8.47. The lowest BCUT2D eigenvalue weighted by molar-refractivity contribution is -0.137. The molecule has 0 bridgehead atoms. The maximum Gasteiger partial charge on any atom is 0.418 e. The van der Waals surface area contributed by atoms with Crippen molar-refractivity contribution in [3.05, 3.63) is 59.7 Å². The smallest absolute Gasteiger partial charge is 0.418 e. The fourth-order valence-corrected chi connectivity index (χ4v) is 2.07. The zero-order valence-electron chi connectivity index (χ0n) is 13.4. The first-order chi connectivity index (χ1) is 12.7. The van der Waals surface area contributed by atoms with Crippen molar-refractivity contribution >= 4 is 17.6 Å². The molecule has 0 aromatic heterocycles. The van der Waals surface area contributed by atoms with Gasteiger partial charge in [0.1, 0.15) is 11.3 Å². The van der Waals surface area contributed by atoms with Gasteiger partial charge in [0.2, 0.25) is 0 Å². The van der Waals surface area contributed by atoms with Crippen molar-refractivity contribution in [2.45, 2.75) is 12.8 Å². The summed E-state index contributed by atoms with van der Waals surface area (Å²) in [7, 11) is 0. The summed E-state index contributed by atoms with van der Waals surface area (Å²) in [5.41, 5.74) is -1.94. The van der Waals surface area contributed by atoms with E-state index in [0.717, 1.165) is 30.3 Å². The molecule has 1 N–H and O–H groups in total. The Balaban J connectivity index is 2.02. The average Bonchev–Trinajstić information content (AvgIpc) is 2.59. The predicted molar refractivity (Wildman–Crippen MR) is 83.4 cm³/mol. The van der Waals surface area contributed by atoms with Crippen molar-refractivity contribution < 1.29 is 41.0 Å². The number of nitrogens with one attached hydrogen (secondary N) is 1. The van der Waals surface area contributed by atoms with Gasteiger partial charge in [-0.15, -0.1) is 0 Å². The highest BCUT2D eigenvalue weighted by Gasteiger charge is 2.33. The molecule has 2 aromatic rings.